The van der Waals surface area contributed by atoms with Crippen molar-refractivity contribution in [3.05, 3.63) is 23.5 Å². The van der Waals surface area contributed by atoms with Gasteiger partial charge in [0.2, 0.25) is 0 Å². The maximum atomic E-state index is 5.65. The highest BCUT2D eigenvalue weighted by Gasteiger charge is 2.15. The van der Waals surface area contributed by atoms with E-state index in [4.69, 9.17) is 21.1 Å². The zero-order valence-electron chi connectivity index (χ0n) is 7.78. The van der Waals surface area contributed by atoms with Gasteiger partial charge < -0.3 is 9.47 Å². The van der Waals surface area contributed by atoms with Crippen LogP contribution in [0.3, 0.4) is 0 Å². The summed E-state index contributed by atoms with van der Waals surface area (Å²) in [6.45, 7) is 1.45. The molecule has 0 saturated carbocycles. The van der Waals surface area contributed by atoms with Crippen molar-refractivity contribution >= 4 is 11.6 Å². The van der Waals surface area contributed by atoms with Gasteiger partial charge >= 0.3 is 0 Å². The predicted octanol–water partition coefficient (Wildman–Crippen LogP) is 2.29. The molecule has 14 heavy (non-hydrogen) atoms. The van der Waals surface area contributed by atoms with Crippen molar-refractivity contribution in [2.45, 2.75) is 18.9 Å². The summed E-state index contributed by atoms with van der Waals surface area (Å²) in [5.74, 6) is 0.741. The molecule has 1 atom stereocenters. The first kappa shape index (κ1) is 9.74. The van der Waals surface area contributed by atoms with Crippen LogP contribution in [0.2, 0.25) is 5.15 Å². The molecule has 76 valence electrons. The molecule has 2 rings (SSSR count). The number of aromatic nitrogens is 1. The van der Waals surface area contributed by atoms with Crippen LogP contribution in [0.5, 0.6) is 5.75 Å². The zero-order valence-corrected chi connectivity index (χ0v) is 8.54. The van der Waals surface area contributed by atoms with Crippen molar-refractivity contribution in [2.24, 2.45) is 0 Å². The quantitative estimate of drug-likeness (QED) is 0.722. The van der Waals surface area contributed by atoms with Gasteiger partial charge in [-0.15, -0.1) is 0 Å². The van der Waals surface area contributed by atoms with Crippen LogP contribution in [0.15, 0.2) is 18.3 Å². The number of rotatable bonds is 3. The van der Waals surface area contributed by atoms with E-state index in [1.807, 2.05) is 6.07 Å². The van der Waals surface area contributed by atoms with Crippen LogP contribution in [0.4, 0.5) is 0 Å². The second-order valence-corrected chi connectivity index (χ2v) is 3.65. The summed E-state index contributed by atoms with van der Waals surface area (Å²) in [6, 6.07) is 3.52. The second-order valence-electron chi connectivity index (χ2n) is 3.26. The highest BCUT2D eigenvalue weighted by atomic mass is 35.5. The first-order valence-corrected chi connectivity index (χ1v) is 5.08. The Bertz CT molecular complexity index is 283. The molecule has 2 heterocycles. The van der Waals surface area contributed by atoms with Gasteiger partial charge in [-0.1, -0.05) is 11.6 Å². The third kappa shape index (κ3) is 2.59. The van der Waals surface area contributed by atoms with E-state index < -0.39 is 0 Å². The van der Waals surface area contributed by atoms with Gasteiger partial charge in [-0.2, -0.15) is 0 Å². The minimum Gasteiger partial charge on any atom is -0.489 e. The summed E-state index contributed by atoms with van der Waals surface area (Å²) in [5, 5.41) is 0.481. The maximum Gasteiger partial charge on any atom is 0.137 e. The van der Waals surface area contributed by atoms with E-state index in [9.17, 15) is 0 Å². The Morgan fingerprint density at radius 3 is 3.14 bits per heavy atom. The van der Waals surface area contributed by atoms with Gasteiger partial charge in [-0.3, -0.25) is 0 Å². The first-order chi connectivity index (χ1) is 6.84. The number of nitrogens with zero attached hydrogens (tertiary/aromatic N) is 1. The zero-order chi connectivity index (χ0) is 9.80. The lowest BCUT2D eigenvalue weighted by Gasteiger charge is -2.10. The minimum absolute atomic E-state index is 0.241. The van der Waals surface area contributed by atoms with Gasteiger partial charge in [0.05, 0.1) is 12.3 Å². The molecule has 0 spiro atoms. The Morgan fingerprint density at radius 1 is 1.57 bits per heavy atom. The van der Waals surface area contributed by atoms with E-state index in [0.717, 1.165) is 25.2 Å². The molecule has 0 aromatic carbocycles. The maximum absolute atomic E-state index is 5.65. The van der Waals surface area contributed by atoms with E-state index in [1.165, 1.54) is 0 Å². The normalized spacial score (nSPS) is 21.1. The molecule has 1 aliphatic rings. The van der Waals surface area contributed by atoms with E-state index in [-0.39, 0.29) is 6.10 Å². The van der Waals surface area contributed by atoms with E-state index in [1.54, 1.807) is 12.3 Å². The molecule has 1 aromatic heterocycles. The van der Waals surface area contributed by atoms with Gasteiger partial charge in [0.1, 0.15) is 17.5 Å². The summed E-state index contributed by atoms with van der Waals surface area (Å²) < 4.78 is 10.9. The Labute approximate surface area is 88.0 Å². The summed E-state index contributed by atoms with van der Waals surface area (Å²) in [7, 11) is 0. The molecular weight excluding hydrogens is 202 g/mol. The van der Waals surface area contributed by atoms with Crippen LogP contribution in [-0.2, 0) is 4.74 Å². The molecule has 3 nitrogen and oxygen atoms in total. The summed E-state index contributed by atoms with van der Waals surface area (Å²) in [5.41, 5.74) is 0. The number of ether oxygens (including phenoxy) is 2. The molecular formula is C10H12ClNO2. The predicted molar refractivity (Wildman–Crippen MR) is 53.7 cm³/mol. The highest BCUT2D eigenvalue weighted by molar-refractivity contribution is 6.29. The third-order valence-electron chi connectivity index (χ3n) is 2.16. The van der Waals surface area contributed by atoms with Crippen molar-refractivity contribution in [1.29, 1.82) is 0 Å². The van der Waals surface area contributed by atoms with Crippen molar-refractivity contribution in [3.8, 4) is 5.75 Å². The van der Waals surface area contributed by atoms with Crippen LogP contribution in [0.1, 0.15) is 12.8 Å². The van der Waals surface area contributed by atoms with Gasteiger partial charge in [-0.05, 0) is 25.0 Å². The minimum atomic E-state index is 0.241. The Balaban J connectivity index is 1.82. The molecule has 0 amide bonds. The molecule has 0 bridgehead atoms. The van der Waals surface area contributed by atoms with Crippen LogP contribution >= 0.6 is 11.6 Å². The van der Waals surface area contributed by atoms with Crippen molar-refractivity contribution in [3.63, 3.8) is 0 Å². The Kier molecular flexibility index (Phi) is 3.22. The van der Waals surface area contributed by atoms with Gasteiger partial charge in [-0.25, -0.2) is 4.98 Å². The molecule has 1 fully saturated rings. The molecule has 1 aliphatic heterocycles. The molecule has 0 N–H and O–H groups in total. The van der Waals surface area contributed by atoms with Crippen LogP contribution in [0, 0.1) is 0 Å². The highest BCUT2D eigenvalue weighted by Crippen LogP contribution is 2.16. The lowest BCUT2D eigenvalue weighted by atomic mass is 10.2. The van der Waals surface area contributed by atoms with Crippen LogP contribution in [0.25, 0.3) is 0 Å². The van der Waals surface area contributed by atoms with E-state index >= 15 is 0 Å². The van der Waals surface area contributed by atoms with Gasteiger partial charge in [0.15, 0.2) is 0 Å². The topological polar surface area (TPSA) is 31.4 Å². The van der Waals surface area contributed by atoms with Crippen molar-refractivity contribution in [2.75, 3.05) is 13.2 Å². The lowest BCUT2D eigenvalue weighted by Crippen LogP contribution is -2.16. The Hall–Kier alpha value is -0.800. The molecule has 1 aromatic rings. The van der Waals surface area contributed by atoms with E-state index in [0.29, 0.717) is 11.8 Å². The SMILES string of the molecule is Clc1ccc(OCC2CCCO2)cn1. The molecule has 4 heteroatoms. The fourth-order valence-electron chi connectivity index (χ4n) is 1.41. The van der Waals surface area contributed by atoms with Crippen molar-refractivity contribution in [1.82, 2.24) is 4.98 Å². The van der Waals surface area contributed by atoms with E-state index in [2.05, 4.69) is 4.98 Å². The third-order valence-corrected chi connectivity index (χ3v) is 2.38. The standard InChI is InChI=1S/C10H12ClNO2/c11-10-4-3-8(6-12-10)14-7-9-2-1-5-13-9/h3-4,6,9H,1-2,5,7H2. The molecule has 1 unspecified atom stereocenters. The van der Waals surface area contributed by atoms with Gasteiger partial charge in [0.25, 0.3) is 0 Å². The largest absolute Gasteiger partial charge is 0.489 e. The average Bonchev–Trinajstić information content (AvgIpc) is 2.70. The fraction of sp³-hybridized carbons (Fsp3) is 0.500. The summed E-state index contributed by atoms with van der Waals surface area (Å²) >= 11 is 5.65. The monoisotopic (exact) mass is 213 g/mol. The number of halogens is 1. The fourth-order valence-corrected chi connectivity index (χ4v) is 1.52. The Morgan fingerprint density at radius 2 is 2.50 bits per heavy atom. The second kappa shape index (κ2) is 4.62. The molecule has 1 saturated heterocycles. The molecule has 0 aliphatic carbocycles. The average molecular weight is 214 g/mol. The molecule has 0 radical (unpaired) electrons. The van der Waals surface area contributed by atoms with Gasteiger partial charge in [0, 0.05) is 6.61 Å². The number of hydrogen-bond acceptors (Lipinski definition) is 3. The summed E-state index contributed by atoms with van der Waals surface area (Å²) in [4.78, 5) is 3.92. The van der Waals surface area contributed by atoms with Crippen LogP contribution in [-0.4, -0.2) is 24.3 Å². The number of pyridine rings is 1. The number of hydrogen-bond donors (Lipinski definition) is 0. The lowest BCUT2D eigenvalue weighted by molar-refractivity contribution is 0.0678. The smallest absolute Gasteiger partial charge is 0.137 e. The van der Waals surface area contributed by atoms with Crippen molar-refractivity contribution < 1.29 is 9.47 Å². The van der Waals surface area contributed by atoms with Crippen LogP contribution < -0.4 is 4.74 Å². The summed E-state index contributed by atoms with van der Waals surface area (Å²) in [6.07, 6.45) is 4.08. The first-order valence-electron chi connectivity index (χ1n) is 4.70.